The average molecular weight is 327 g/mol. The zero-order chi connectivity index (χ0) is 17.5. The molecule has 2 N–H and O–H groups in total. The van der Waals surface area contributed by atoms with Gasteiger partial charge in [-0.3, -0.25) is 4.79 Å². The molecule has 0 spiro atoms. The van der Waals surface area contributed by atoms with Gasteiger partial charge in [-0.15, -0.1) is 0 Å². The molecule has 128 valence electrons. The van der Waals surface area contributed by atoms with Gasteiger partial charge in [0.25, 0.3) is 5.91 Å². The minimum atomic E-state index is -0.206. The number of nitrogens with zero attached hydrogens (tertiary/aromatic N) is 3. The number of hydrogen-bond acceptors (Lipinski definition) is 5. The fourth-order valence-corrected chi connectivity index (χ4v) is 2.20. The van der Waals surface area contributed by atoms with Crippen LogP contribution in [0.3, 0.4) is 0 Å². The highest BCUT2D eigenvalue weighted by molar-refractivity contribution is 6.04. The van der Waals surface area contributed by atoms with Crippen molar-refractivity contribution in [3.63, 3.8) is 0 Å². The SMILES string of the molecule is Cc1ccc(C)c(NC(=O)c2cnc(NCCCN(C)C)nc2)c1. The van der Waals surface area contributed by atoms with Gasteiger partial charge in [-0.1, -0.05) is 12.1 Å². The molecule has 6 heteroatoms. The van der Waals surface area contributed by atoms with E-state index in [0.717, 1.165) is 36.3 Å². The van der Waals surface area contributed by atoms with E-state index in [1.165, 1.54) is 0 Å². The summed E-state index contributed by atoms with van der Waals surface area (Å²) in [5.41, 5.74) is 3.37. The highest BCUT2D eigenvalue weighted by Gasteiger charge is 2.09. The van der Waals surface area contributed by atoms with Crippen molar-refractivity contribution in [1.29, 1.82) is 0 Å². The number of carbonyl (C=O) groups excluding carboxylic acids is 1. The number of benzene rings is 1. The van der Waals surface area contributed by atoms with Gasteiger partial charge < -0.3 is 15.5 Å². The lowest BCUT2D eigenvalue weighted by molar-refractivity contribution is 0.102. The van der Waals surface area contributed by atoms with E-state index in [0.29, 0.717) is 11.5 Å². The Bertz CT molecular complexity index is 682. The fraction of sp³-hybridized carbons (Fsp3) is 0.389. The Hall–Kier alpha value is -2.47. The van der Waals surface area contributed by atoms with Crippen LogP contribution in [0.4, 0.5) is 11.6 Å². The van der Waals surface area contributed by atoms with Crippen LogP contribution in [0.25, 0.3) is 0 Å². The zero-order valence-electron chi connectivity index (χ0n) is 14.8. The topological polar surface area (TPSA) is 70.2 Å². The van der Waals surface area contributed by atoms with Crippen LogP contribution in [0.1, 0.15) is 27.9 Å². The maximum atomic E-state index is 12.3. The number of carbonyl (C=O) groups is 1. The van der Waals surface area contributed by atoms with Crippen LogP contribution in [0.2, 0.25) is 0 Å². The molecule has 24 heavy (non-hydrogen) atoms. The molecule has 0 aliphatic rings. The molecule has 0 saturated carbocycles. The van der Waals surface area contributed by atoms with Crippen LogP contribution < -0.4 is 10.6 Å². The highest BCUT2D eigenvalue weighted by Crippen LogP contribution is 2.17. The monoisotopic (exact) mass is 327 g/mol. The molecular formula is C18H25N5O. The first-order chi connectivity index (χ1) is 11.5. The first-order valence-corrected chi connectivity index (χ1v) is 8.05. The molecule has 6 nitrogen and oxygen atoms in total. The average Bonchev–Trinajstić information content (AvgIpc) is 2.55. The van der Waals surface area contributed by atoms with Gasteiger partial charge >= 0.3 is 0 Å². The Morgan fingerprint density at radius 2 is 1.88 bits per heavy atom. The van der Waals surface area contributed by atoms with Crippen LogP contribution in [-0.4, -0.2) is 48.0 Å². The summed E-state index contributed by atoms with van der Waals surface area (Å²) < 4.78 is 0. The largest absolute Gasteiger partial charge is 0.354 e. The lowest BCUT2D eigenvalue weighted by atomic mass is 10.1. The Morgan fingerprint density at radius 3 is 2.54 bits per heavy atom. The Labute approximate surface area is 143 Å². The number of aromatic nitrogens is 2. The maximum Gasteiger partial charge on any atom is 0.258 e. The van der Waals surface area contributed by atoms with Gasteiger partial charge in [-0.2, -0.15) is 0 Å². The van der Waals surface area contributed by atoms with Gasteiger partial charge in [0.2, 0.25) is 5.95 Å². The first kappa shape index (κ1) is 17.9. The number of anilines is 2. The Kier molecular flexibility index (Phi) is 6.26. The van der Waals surface area contributed by atoms with Crippen molar-refractivity contribution >= 4 is 17.5 Å². The van der Waals surface area contributed by atoms with Gasteiger partial charge in [0, 0.05) is 24.6 Å². The molecule has 0 fully saturated rings. The van der Waals surface area contributed by atoms with Crippen LogP contribution in [0, 0.1) is 13.8 Å². The molecule has 0 aliphatic heterocycles. The van der Waals surface area contributed by atoms with E-state index in [4.69, 9.17) is 0 Å². The molecule has 0 radical (unpaired) electrons. The molecule has 0 saturated heterocycles. The third-order valence-corrected chi connectivity index (χ3v) is 3.62. The predicted octanol–water partition coefficient (Wildman–Crippen LogP) is 2.71. The summed E-state index contributed by atoms with van der Waals surface area (Å²) in [5.74, 6) is 0.333. The normalized spacial score (nSPS) is 10.7. The quantitative estimate of drug-likeness (QED) is 0.765. The number of aryl methyl sites for hydroxylation is 2. The number of hydrogen-bond donors (Lipinski definition) is 2. The summed E-state index contributed by atoms with van der Waals surface area (Å²) in [7, 11) is 4.08. The standard InChI is InChI=1S/C18H25N5O/c1-13-6-7-14(2)16(10-13)22-17(24)15-11-20-18(21-12-15)19-8-5-9-23(3)4/h6-7,10-12H,5,8-9H2,1-4H3,(H,22,24)(H,19,20,21). The summed E-state index contributed by atoms with van der Waals surface area (Å²) in [6.45, 7) is 5.76. The second-order valence-corrected chi connectivity index (χ2v) is 6.15. The highest BCUT2D eigenvalue weighted by atomic mass is 16.1. The smallest absolute Gasteiger partial charge is 0.258 e. The van der Waals surface area contributed by atoms with Crippen LogP contribution >= 0.6 is 0 Å². The summed E-state index contributed by atoms with van der Waals surface area (Å²) in [5, 5.41) is 6.06. The minimum Gasteiger partial charge on any atom is -0.354 e. The molecule has 0 atom stereocenters. The van der Waals surface area contributed by atoms with Crippen molar-refractivity contribution in [2.75, 3.05) is 37.8 Å². The number of rotatable bonds is 7. The van der Waals surface area contributed by atoms with Crippen molar-refractivity contribution in [2.24, 2.45) is 0 Å². The van der Waals surface area contributed by atoms with Crippen LogP contribution in [0.15, 0.2) is 30.6 Å². The van der Waals surface area contributed by atoms with Gasteiger partial charge in [0.1, 0.15) is 0 Å². The van der Waals surface area contributed by atoms with Gasteiger partial charge in [-0.05, 0) is 58.1 Å². The van der Waals surface area contributed by atoms with Crippen molar-refractivity contribution in [2.45, 2.75) is 20.3 Å². The minimum absolute atomic E-state index is 0.206. The molecule has 1 heterocycles. The second-order valence-electron chi connectivity index (χ2n) is 6.15. The number of amides is 1. The van der Waals surface area contributed by atoms with Gasteiger partial charge in [-0.25, -0.2) is 9.97 Å². The van der Waals surface area contributed by atoms with Crippen molar-refractivity contribution in [1.82, 2.24) is 14.9 Å². The molecule has 2 rings (SSSR count). The molecule has 1 aromatic carbocycles. The maximum absolute atomic E-state index is 12.3. The predicted molar refractivity (Wildman–Crippen MR) is 97.6 cm³/mol. The molecule has 0 aliphatic carbocycles. The lowest BCUT2D eigenvalue weighted by Crippen LogP contribution is -2.17. The summed E-state index contributed by atoms with van der Waals surface area (Å²) in [6, 6.07) is 5.96. The molecular weight excluding hydrogens is 302 g/mol. The van der Waals surface area contributed by atoms with E-state index in [1.807, 2.05) is 46.1 Å². The van der Waals surface area contributed by atoms with E-state index >= 15 is 0 Å². The van der Waals surface area contributed by atoms with Crippen LogP contribution in [-0.2, 0) is 0 Å². The summed E-state index contributed by atoms with van der Waals surface area (Å²) >= 11 is 0. The van der Waals surface area contributed by atoms with E-state index in [1.54, 1.807) is 12.4 Å². The number of nitrogens with one attached hydrogen (secondary N) is 2. The first-order valence-electron chi connectivity index (χ1n) is 8.05. The van der Waals surface area contributed by atoms with Gasteiger partial charge in [0.15, 0.2) is 0 Å². The van der Waals surface area contributed by atoms with Crippen LogP contribution in [0.5, 0.6) is 0 Å². The summed E-state index contributed by atoms with van der Waals surface area (Å²) in [4.78, 5) is 22.8. The Balaban J connectivity index is 1.92. The second kappa shape index (κ2) is 8.40. The molecule has 1 amide bonds. The van der Waals surface area contributed by atoms with Gasteiger partial charge in [0.05, 0.1) is 5.56 Å². The van der Waals surface area contributed by atoms with Crippen molar-refractivity contribution in [3.05, 3.63) is 47.3 Å². The molecule has 2 aromatic rings. The summed E-state index contributed by atoms with van der Waals surface area (Å²) in [6.07, 6.45) is 4.09. The van der Waals surface area contributed by atoms with E-state index in [-0.39, 0.29) is 5.91 Å². The third-order valence-electron chi connectivity index (χ3n) is 3.62. The molecule has 0 bridgehead atoms. The van der Waals surface area contributed by atoms with E-state index < -0.39 is 0 Å². The van der Waals surface area contributed by atoms with E-state index in [2.05, 4.69) is 25.5 Å². The Morgan fingerprint density at radius 1 is 1.17 bits per heavy atom. The van der Waals surface area contributed by atoms with Crippen molar-refractivity contribution < 1.29 is 4.79 Å². The molecule has 0 unspecified atom stereocenters. The van der Waals surface area contributed by atoms with E-state index in [9.17, 15) is 4.79 Å². The lowest BCUT2D eigenvalue weighted by Gasteiger charge is -2.10. The fourth-order valence-electron chi connectivity index (χ4n) is 2.20. The van der Waals surface area contributed by atoms with Crippen molar-refractivity contribution in [3.8, 4) is 0 Å². The zero-order valence-corrected chi connectivity index (χ0v) is 14.8. The third kappa shape index (κ3) is 5.31. The molecule has 1 aromatic heterocycles.